The summed E-state index contributed by atoms with van der Waals surface area (Å²) in [5, 5.41) is 0. The maximum Gasteiger partial charge on any atom is 1.00 e. The van der Waals surface area contributed by atoms with Crippen molar-refractivity contribution in [3.05, 3.63) is 59.8 Å². The topological polar surface area (TPSA) is 0 Å². The Balaban J connectivity index is 0.000000605. The van der Waals surface area contributed by atoms with Crippen molar-refractivity contribution in [2.24, 2.45) is 0 Å². The Bertz CT molecular complexity index is 233. The molecule has 0 aliphatic heterocycles. The van der Waals surface area contributed by atoms with E-state index < -0.39 is 0 Å². The Morgan fingerprint density at radius 3 is 1.00 bits per heavy atom. The molecule has 0 radical (unpaired) electrons. The molecule has 0 spiro atoms. The minimum atomic E-state index is 0. The van der Waals surface area contributed by atoms with Crippen molar-refractivity contribution in [1.29, 1.82) is 0 Å². The van der Waals surface area contributed by atoms with Crippen molar-refractivity contribution in [3.63, 3.8) is 0 Å². The van der Waals surface area contributed by atoms with Crippen LogP contribution in [-0.2, 0) is 0 Å². The van der Waals surface area contributed by atoms with Crippen molar-refractivity contribution >= 4 is 0 Å². The summed E-state index contributed by atoms with van der Waals surface area (Å²) in [7, 11) is 0. The van der Waals surface area contributed by atoms with Crippen molar-refractivity contribution in [3.8, 4) is 0 Å². The van der Waals surface area contributed by atoms with Crippen LogP contribution in [0, 0.1) is 0 Å². The third-order valence-corrected chi connectivity index (χ3v) is 1.66. The first kappa shape index (κ1) is 11.9. The summed E-state index contributed by atoms with van der Waals surface area (Å²) >= 11 is 0. The van der Waals surface area contributed by atoms with Crippen LogP contribution in [0.5, 0.6) is 0 Å². The van der Waals surface area contributed by atoms with Gasteiger partial charge in [-0.1, -0.05) is 48.6 Å². The van der Waals surface area contributed by atoms with E-state index in [4.69, 9.17) is 0 Å². The molecule has 0 nitrogen and oxygen atoms in total. The fourth-order valence-corrected chi connectivity index (χ4v) is 1.13. The second-order valence-electron chi connectivity index (χ2n) is 2.35. The molecule has 0 fully saturated rings. The zero-order valence-electron chi connectivity index (χ0n) is 7.62. The number of hydrogen-bond acceptors (Lipinski definition) is 0. The zero-order valence-corrected chi connectivity index (χ0v) is 7.62. The first-order valence-corrected chi connectivity index (χ1v) is 3.40. The summed E-state index contributed by atoms with van der Waals surface area (Å²) in [6, 6.07) is 0. The van der Waals surface area contributed by atoms with E-state index in [1.807, 2.05) is 0 Å². The predicted molar refractivity (Wildman–Crippen MR) is 43.6 cm³/mol. The molecular formula is C10H8Li2+2. The van der Waals surface area contributed by atoms with Gasteiger partial charge in [0.05, 0.1) is 0 Å². The van der Waals surface area contributed by atoms with Gasteiger partial charge in [-0.3, -0.25) is 0 Å². The summed E-state index contributed by atoms with van der Waals surface area (Å²) in [5.74, 6) is 0. The number of allylic oxidation sites excluding steroid dienone is 10. The molecule has 0 heterocycles. The van der Waals surface area contributed by atoms with Crippen LogP contribution in [0.2, 0.25) is 0 Å². The second kappa shape index (κ2) is 5.52. The molecule has 0 amide bonds. The van der Waals surface area contributed by atoms with E-state index in [0.717, 1.165) is 0 Å². The predicted octanol–water partition coefficient (Wildman–Crippen LogP) is -3.46. The minimum absolute atomic E-state index is 0. The van der Waals surface area contributed by atoms with Gasteiger partial charge >= 0.3 is 37.7 Å². The Morgan fingerprint density at radius 2 is 0.750 bits per heavy atom. The molecule has 0 atom stereocenters. The third kappa shape index (κ3) is 2.44. The minimum Gasteiger partial charge on any atom is -0.0616 e. The molecular weight excluding hydrogens is 134 g/mol. The average Bonchev–Trinajstić information content (AvgIpc) is 2.59. The van der Waals surface area contributed by atoms with Crippen LogP contribution >= 0.6 is 0 Å². The SMILES string of the molecule is C1=CC(=C2C=CC=C2)C=C1.[Li+].[Li+]. The monoisotopic (exact) mass is 142 g/mol. The Morgan fingerprint density at radius 1 is 0.500 bits per heavy atom. The summed E-state index contributed by atoms with van der Waals surface area (Å²) in [5.41, 5.74) is 2.62. The van der Waals surface area contributed by atoms with Crippen molar-refractivity contribution in [2.45, 2.75) is 0 Å². The summed E-state index contributed by atoms with van der Waals surface area (Å²) in [6.07, 6.45) is 16.7. The van der Waals surface area contributed by atoms with Gasteiger partial charge in [-0.15, -0.1) is 0 Å². The van der Waals surface area contributed by atoms with Gasteiger partial charge in [0.2, 0.25) is 0 Å². The van der Waals surface area contributed by atoms with Crippen LogP contribution in [0.4, 0.5) is 0 Å². The number of rotatable bonds is 0. The van der Waals surface area contributed by atoms with E-state index in [9.17, 15) is 0 Å². The molecule has 48 valence electrons. The zero-order chi connectivity index (χ0) is 6.81. The van der Waals surface area contributed by atoms with Gasteiger partial charge in [-0.2, -0.15) is 0 Å². The van der Waals surface area contributed by atoms with Crippen molar-refractivity contribution in [2.75, 3.05) is 0 Å². The Kier molecular flexibility index (Phi) is 5.48. The average molecular weight is 142 g/mol. The van der Waals surface area contributed by atoms with Gasteiger partial charge in [-0.25, -0.2) is 0 Å². The molecule has 2 aliphatic rings. The van der Waals surface area contributed by atoms with E-state index in [2.05, 4.69) is 48.6 Å². The molecule has 2 heteroatoms. The van der Waals surface area contributed by atoms with Gasteiger partial charge in [0.25, 0.3) is 0 Å². The molecule has 0 saturated heterocycles. The second-order valence-corrected chi connectivity index (χ2v) is 2.35. The van der Waals surface area contributed by atoms with E-state index >= 15 is 0 Å². The van der Waals surface area contributed by atoms with Crippen molar-refractivity contribution in [1.82, 2.24) is 0 Å². The Labute approximate surface area is 97.2 Å². The van der Waals surface area contributed by atoms with Gasteiger partial charge in [0, 0.05) is 0 Å². The molecule has 0 saturated carbocycles. The van der Waals surface area contributed by atoms with Gasteiger partial charge in [0.15, 0.2) is 0 Å². The van der Waals surface area contributed by atoms with Crippen LogP contribution in [0.25, 0.3) is 0 Å². The fourth-order valence-electron chi connectivity index (χ4n) is 1.13. The van der Waals surface area contributed by atoms with Crippen LogP contribution in [0.3, 0.4) is 0 Å². The van der Waals surface area contributed by atoms with E-state index in [0.29, 0.717) is 0 Å². The van der Waals surface area contributed by atoms with Crippen LogP contribution in [0.15, 0.2) is 59.8 Å². The summed E-state index contributed by atoms with van der Waals surface area (Å²) < 4.78 is 0. The van der Waals surface area contributed by atoms with E-state index in [1.54, 1.807) is 0 Å². The molecule has 0 N–H and O–H groups in total. The molecule has 0 unspecified atom stereocenters. The fraction of sp³-hybridized carbons (Fsp3) is 0. The van der Waals surface area contributed by atoms with Gasteiger partial charge < -0.3 is 0 Å². The molecule has 2 rings (SSSR count). The summed E-state index contributed by atoms with van der Waals surface area (Å²) in [6.45, 7) is 0. The normalized spacial score (nSPS) is 16.7. The molecule has 0 aromatic carbocycles. The first-order chi connectivity index (χ1) is 4.97. The van der Waals surface area contributed by atoms with E-state index in [-0.39, 0.29) is 37.7 Å². The van der Waals surface area contributed by atoms with Crippen LogP contribution < -0.4 is 37.7 Å². The molecule has 0 aromatic heterocycles. The largest absolute Gasteiger partial charge is 1.00 e. The van der Waals surface area contributed by atoms with E-state index in [1.165, 1.54) is 11.1 Å². The quantitative estimate of drug-likeness (QED) is 0.308. The summed E-state index contributed by atoms with van der Waals surface area (Å²) in [4.78, 5) is 0. The van der Waals surface area contributed by atoms with Crippen LogP contribution in [0.1, 0.15) is 0 Å². The van der Waals surface area contributed by atoms with Gasteiger partial charge in [-0.05, 0) is 11.1 Å². The standard InChI is InChI=1S/C10H8.2Li/c1-2-6-9(5-1)10-7-3-4-8-10;;/h1-8H;;/q;2*+1. The van der Waals surface area contributed by atoms with Gasteiger partial charge in [0.1, 0.15) is 0 Å². The van der Waals surface area contributed by atoms with Crippen LogP contribution in [-0.4, -0.2) is 0 Å². The van der Waals surface area contributed by atoms with Crippen molar-refractivity contribution < 1.29 is 37.7 Å². The maximum absolute atomic E-state index is 2.12. The number of hydrogen-bond donors (Lipinski definition) is 0. The third-order valence-electron chi connectivity index (χ3n) is 1.66. The smallest absolute Gasteiger partial charge is 0.0616 e. The maximum atomic E-state index is 2.12. The molecule has 0 bridgehead atoms. The molecule has 0 aromatic rings. The molecule has 2 aliphatic carbocycles. The molecule has 12 heavy (non-hydrogen) atoms. The Hall–Kier alpha value is -0.105. The first-order valence-electron chi connectivity index (χ1n) is 3.40.